The molecule has 0 aromatic heterocycles. The highest BCUT2D eigenvalue weighted by Gasteiger charge is 2.15. The number of benzene rings is 1. The van der Waals surface area contributed by atoms with Crippen molar-refractivity contribution in [2.75, 3.05) is 17.6 Å². The van der Waals surface area contributed by atoms with Crippen molar-refractivity contribution in [2.24, 2.45) is 0 Å². The van der Waals surface area contributed by atoms with Gasteiger partial charge < -0.3 is 16.4 Å². The Hall–Kier alpha value is -1.97. The molecule has 0 spiro atoms. The summed E-state index contributed by atoms with van der Waals surface area (Å²) in [6.07, 6.45) is 6.28. The van der Waals surface area contributed by atoms with Crippen LogP contribution in [0.5, 0.6) is 0 Å². The highest BCUT2D eigenvalue weighted by Crippen LogP contribution is 2.23. The molecular formula is C14H19N3O. The molecule has 96 valence electrons. The minimum absolute atomic E-state index is 0.0639. The van der Waals surface area contributed by atoms with E-state index in [2.05, 4.69) is 22.8 Å². The van der Waals surface area contributed by atoms with Gasteiger partial charge in [-0.25, -0.2) is 0 Å². The third-order valence-corrected chi connectivity index (χ3v) is 2.99. The van der Waals surface area contributed by atoms with Crippen LogP contribution in [-0.2, 0) is 0 Å². The van der Waals surface area contributed by atoms with Gasteiger partial charge in [0, 0.05) is 24.0 Å². The van der Waals surface area contributed by atoms with E-state index in [1.54, 1.807) is 12.1 Å². The summed E-state index contributed by atoms with van der Waals surface area (Å²) < 4.78 is 0. The molecule has 1 aliphatic rings. The van der Waals surface area contributed by atoms with Crippen molar-refractivity contribution in [1.29, 1.82) is 0 Å². The Balaban J connectivity index is 2.19. The number of nitrogens with two attached hydrogens (primary N) is 1. The Labute approximate surface area is 107 Å². The van der Waals surface area contributed by atoms with Gasteiger partial charge in [0.15, 0.2) is 0 Å². The number of carbonyl (C=O) groups excluding carboxylic acids is 1. The lowest BCUT2D eigenvalue weighted by molar-refractivity contribution is 0.0956. The maximum atomic E-state index is 11.9. The minimum atomic E-state index is -0.0639. The topological polar surface area (TPSA) is 67.2 Å². The molecule has 1 aliphatic carbocycles. The number of anilines is 2. The number of amides is 1. The van der Waals surface area contributed by atoms with Crippen LogP contribution in [0.25, 0.3) is 0 Å². The Bertz CT molecular complexity index is 460. The van der Waals surface area contributed by atoms with Crippen molar-refractivity contribution in [3.63, 3.8) is 0 Å². The van der Waals surface area contributed by atoms with Crippen LogP contribution >= 0.6 is 0 Å². The third-order valence-electron chi connectivity index (χ3n) is 2.99. The Kier molecular flexibility index (Phi) is 3.87. The average Bonchev–Trinajstić information content (AvgIpc) is 2.82. The summed E-state index contributed by atoms with van der Waals surface area (Å²) in [5, 5.41) is 6.20. The first-order valence-corrected chi connectivity index (χ1v) is 6.30. The smallest absolute Gasteiger partial charge is 0.253 e. The quantitative estimate of drug-likeness (QED) is 0.562. The Morgan fingerprint density at radius 1 is 1.39 bits per heavy atom. The summed E-state index contributed by atoms with van der Waals surface area (Å²) in [6.45, 7) is 2.52. The number of carbonyl (C=O) groups is 1. The van der Waals surface area contributed by atoms with E-state index < -0.39 is 0 Å². The second-order valence-corrected chi connectivity index (χ2v) is 4.45. The van der Waals surface area contributed by atoms with Gasteiger partial charge in [0.05, 0.1) is 5.56 Å². The van der Waals surface area contributed by atoms with E-state index in [1.165, 1.54) is 0 Å². The van der Waals surface area contributed by atoms with Crippen molar-refractivity contribution in [1.82, 2.24) is 5.32 Å². The molecule has 1 amide bonds. The molecule has 2 rings (SSSR count). The van der Waals surface area contributed by atoms with Crippen LogP contribution in [0.2, 0.25) is 0 Å². The number of rotatable bonds is 4. The number of hydrogen-bond acceptors (Lipinski definition) is 3. The molecule has 1 aromatic carbocycles. The highest BCUT2D eigenvalue weighted by molar-refractivity contribution is 6.00. The zero-order valence-corrected chi connectivity index (χ0v) is 10.6. The fraction of sp³-hybridized carbons (Fsp3) is 0.357. The van der Waals surface area contributed by atoms with Gasteiger partial charge in [-0.15, -0.1) is 0 Å². The van der Waals surface area contributed by atoms with Crippen molar-refractivity contribution in [3.05, 3.63) is 35.9 Å². The van der Waals surface area contributed by atoms with Gasteiger partial charge >= 0.3 is 0 Å². The number of nitrogen functional groups attached to an aromatic ring is 1. The van der Waals surface area contributed by atoms with Gasteiger partial charge in [0.25, 0.3) is 5.91 Å². The molecule has 0 aliphatic heterocycles. The minimum Gasteiger partial charge on any atom is -0.399 e. The molecule has 18 heavy (non-hydrogen) atoms. The van der Waals surface area contributed by atoms with Gasteiger partial charge in [0.1, 0.15) is 0 Å². The van der Waals surface area contributed by atoms with E-state index in [1.807, 2.05) is 13.0 Å². The van der Waals surface area contributed by atoms with Gasteiger partial charge in [0.2, 0.25) is 0 Å². The first kappa shape index (κ1) is 12.5. The molecule has 0 bridgehead atoms. The molecule has 0 saturated carbocycles. The molecule has 4 nitrogen and oxygen atoms in total. The summed E-state index contributed by atoms with van der Waals surface area (Å²) in [4.78, 5) is 11.9. The maximum Gasteiger partial charge on any atom is 0.253 e. The standard InChI is InChI=1S/C14H19N3O/c1-2-16-14(18)12-8-7-10(15)9-13(12)17-11-5-3-4-6-11/h3-4,7-9,11,17H,2,5-6,15H2,1H3,(H,16,18). The van der Waals surface area contributed by atoms with Crippen LogP contribution in [0.15, 0.2) is 30.4 Å². The van der Waals surface area contributed by atoms with E-state index in [9.17, 15) is 4.79 Å². The van der Waals surface area contributed by atoms with Crippen LogP contribution in [0.1, 0.15) is 30.1 Å². The van der Waals surface area contributed by atoms with Crippen LogP contribution in [-0.4, -0.2) is 18.5 Å². The Morgan fingerprint density at radius 3 is 2.78 bits per heavy atom. The lowest BCUT2D eigenvalue weighted by atomic mass is 10.1. The first-order chi connectivity index (χ1) is 8.70. The Morgan fingerprint density at radius 2 is 2.11 bits per heavy atom. The lowest BCUT2D eigenvalue weighted by Gasteiger charge is -2.17. The average molecular weight is 245 g/mol. The largest absolute Gasteiger partial charge is 0.399 e. The zero-order chi connectivity index (χ0) is 13.0. The molecule has 4 N–H and O–H groups in total. The predicted octanol–water partition coefficient (Wildman–Crippen LogP) is 2.15. The number of hydrogen-bond donors (Lipinski definition) is 3. The van der Waals surface area contributed by atoms with E-state index >= 15 is 0 Å². The van der Waals surface area contributed by atoms with E-state index in [-0.39, 0.29) is 5.91 Å². The van der Waals surface area contributed by atoms with E-state index in [0.29, 0.717) is 23.8 Å². The lowest BCUT2D eigenvalue weighted by Crippen LogP contribution is -2.25. The van der Waals surface area contributed by atoms with Gasteiger partial charge in [-0.1, -0.05) is 12.2 Å². The molecular weight excluding hydrogens is 226 g/mol. The van der Waals surface area contributed by atoms with Crippen LogP contribution in [0.3, 0.4) is 0 Å². The van der Waals surface area contributed by atoms with Crippen LogP contribution in [0, 0.1) is 0 Å². The second kappa shape index (κ2) is 5.58. The SMILES string of the molecule is CCNC(=O)c1ccc(N)cc1NC1CC=CC1. The van der Waals surface area contributed by atoms with E-state index in [4.69, 9.17) is 5.73 Å². The summed E-state index contributed by atoms with van der Waals surface area (Å²) in [6, 6.07) is 5.70. The number of nitrogens with one attached hydrogen (secondary N) is 2. The fourth-order valence-electron chi connectivity index (χ4n) is 2.09. The molecule has 0 atom stereocenters. The molecule has 0 saturated heterocycles. The predicted molar refractivity (Wildman–Crippen MR) is 74.6 cm³/mol. The van der Waals surface area contributed by atoms with Gasteiger partial charge in [-0.3, -0.25) is 4.79 Å². The van der Waals surface area contributed by atoms with E-state index in [0.717, 1.165) is 18.5 Å². The summed E-state index contributed by atoms with van der Waals surface area (Å²) in [5.41, 5.74) is 7.92. The highest BCUT2D eigenvalue weighted by atomic mass is 16.1. The maximum absolute atomic E-state index is 11.9. The zero-order valence-electron chi connectivity index (χ0n) is 10.6. The van der Waals surface area contributed by atoms with Gasteiger partial charge in [-0.2, -0.15) is 0 Å². The van der Waals surface area contributed by atoms with Crippen LogP contribution in [0.4, 0.5) is 11.4 Å². The third kappa shape index (κ3) is 2.83. The molecule has 0 radical (unpaired) electrons. The summed E-state index contributed by atoms with van der Waals surface area (Å²) >= 11 is 0. The molecule has 4 heteroatoms. The molecule has 0 unspecified atom stereocenters. The fourth-order valence-corrected chi connectivity index (χ4v) is 2.09. The second-order valence-electron chi connectivity index (χ2n) is 4.45. The van der Waals surface area contributed by atoms with Crippen molar-refractivity contribution in [3.8, 4) is 0 Å². The summed E-state index contributed by atoms with van der Waals surface area (Å²) in [5.74, 6) is -0.0639. The molecule has 0 fully saturated rings. The van der Waals surface area contributed by atoms with Crippen molar-refractivity contribution in [2.45, 2.75) is 25.8 Å². The summed E-state index contributed by atoms with van der Waals surface area (Å²) in [7, 11) is 0. The van der Waals surface area contributed by atoms with Gasteiger partial charge in [-0.05, 0) is 38.0 Å². The molecule has 0 heterocycles. The molecule has 1 aromatic rings. The normalized spacial score (nSPS) is 14.7. The van der Waals surface area contributed by atoms with Crippen molar-refractivity contribution >= 4 is 17.3 Å². The monoisotopic (exact) mass is 245 g/mol. The van der Waals surface area contributed by atoms with Crippen LogP contribution < -0.4 is 16.4 Å². The first-order valence-electron chi connectivity index (χ1n) is 6.30. The van der Waals surface area contributed by atoms with Crippen molar-refractivity contribution < 1.29 is 4.79 Å².